The Kier molecular flexibility index (Phi) is 12.2. The van der Waals surface area contributed by atoms with E-state index < -0.39 is 0 Å². The van der Waals surface area contributed by atoms with Gasteiger partial charge in [-0.15, -0.1) is 0 Å². The Balaban J connectivity index is 1.66. The summed E-state index contributed by atoms with van der Waals surface area (Å²) in [6.45, 7) is 5.43. The van der Waals surface area contributed by atoms with Crippen LogP contribution in [0.25, 0.3) is 0 Å². The Hall–Kier alpha value is -0.240. The molecule has 120 valence electrons. The molecule has 0 aromatic heterocycles. The molecule has 0 aliphatic carbocycles. The second-order valence-corrected chi connectivity index (χ2v) is 4.60. The Bertz CT molecular complexity index is 196. The minimum atomic E-state index is 0.0516. The summed E-state index contributed by atoms with van der Waals surface area (Å²) in [5.41, 5.74) is 0. The van der Waals surface area contributed by atoms with Gasteiger partial charge in [0.05, 0.1) is 59.0 Å². The summed E-state index contributed by atoms with van der Waals surface area (Å²) in [6.07, 6.45) is 3.73. The molecule has 0 spiro atoms. The van der Waals surface area contributed by atoms with Crippen molar-refractivity contribution >= 4 is 0 Å². The Morgan fingerprint density at radius 1 is 0.800 bits per heavy atom. The van der Waals surface area contributed by atoms with Crippen LogP contribution in [0.1, 0.15) is 19.3 Å². The second-order valence-electron chi connectivity index (χ2n) is 4.60. The Morgan fingerprint density at radius 3 is 1.85 bits per heavy atom. The molecule has 1 unspecified atom stereocenters. The van der Waals surface area contributed by atoms with E-state index >= 15 is 0 Å². The third-order valence-electron chi connectivity index (χ3n) is 2.96. The van der Waals surface area contributed by atoms with Crippen LogP contribution in [0.2, 0.25) is 0 Å². The van der Waals surface area contributed by atoms with Gasteiger partial charge in [0.15, 0.2) is 0 Å². The van der Waals surface area contributed by atoms with E-state index in [4.69, 9.17) is 28.8 Å². The van der Waals surface area contributed by atoms with Gasteiger partial charge >= 0.3 is 0 Å². The number of hydrogen-bond donors (Lipinski definition) is 1. The number of aliphatic hydroxyl groups is 1. The fourth-order valence-electron chi connectivity index (χ4n) is 1.91. The first-order chi connectivity index (χ1) is 9.93. The highest BCUT2D eigenvalue weighted by molar-refractivity contribution is 4.63. The van der Waals surface area contributed by atoms with Gasteiger partial charge in [0.1, 0.15) is 0 Å². The average molecular weight is 292 g/mol. The molecule has 0 radical (unpaired) electrons. The molecule has 0 aromatic carbocycles. The van der Waals surface area contributed by atoms with Gasteiger partial charge in [-0.1, -0.05) is 0 Å². The molecule has 0 bridgehead atoms. The molecule has 0 saturated carbocycles. The number of rotatable bonds is 14. The number of ether oxygens (including phenoxy) is 5. The largest absolute Gasteiger partial charge is 0.394 e. The van der Waals surface area contributed by atoms with E-state index in [1.165, 1.54) is 12.8 Å². The van der Waals surface area contributed by atoms with Crippen LogP contribution in [-0.4, -0.2) is 77.3 Å². The van der Waals surface area contributed by atoms with E-state index in [2.05, 4.69) is 0 Å². The van der Waals surface area contributed by atoms with Crippen LogP contribution in [0.5, 0.6) is 0 Å². The number of hydrogen-bond acceptors (Lipinski definition) is 6. The molecule has 0 aromatic rings. The molecule has 1 fully saturated rings. The van der Waals surface area contributed by atoms with Gasteiger partial charge in [0, 0.05) is 13.2 Å². The lowest BCUT2D eigenvalue weighted by Gasteiger charge is -2.10. The van der Waals surface area contributed by atoms with Crippen LogP contribution in [0, 0.1) is 0 Å². The van der Waals surface area contributed by atoms with E-state index in [0.29, 0.717) is 52.4 Å². The third kappa shape index (κ3) is 10.5. The maximum Gasteiger partial charge on any atom is 0.0701 e. The van der Waals surface area contributed by atoms with Crippen LogP contribution < -0.4 is 0 Å². The van der Waals surface area contributed by atoms with Crippen molar-refractivity contribution < 1.29 is 28.8 Å². The second kappa shape index (κ2) is 13.7. The highest BCUT2D eigenvalue weighted by atomic mass is 16.6. The molecule has 1 aliphatic heterocycles. The molecular weight excluding hydrogens is 264 g/mol. The van der Waals surface area contributed by atoms with Crippen LogP contribution in [0.15, 0.2) is 0 Å². The van der Waals surface area contributed by atoms with Gasteiger partial charge in [0.25, 0.3) is 0 Å². The van der Waals surface area contributed by atoms with Crippen LogP contribution in [0.4, 0.5) is 0 Å². The minimum Gasteiger partial charge on any atom is -0.394 e. The van der Waals surface area contributed by atoms with Crippen LogP contribution in [0.3, 0.4) is 0 Å². The lowest BCUT2D eigenvalue weighted by atomic mass is 10.2. The van der Waals surface area contributed by atoms with Gasteiger partial charge in [-0.05, 0) is 19.3 Å². The smallest absolute Gasteiger partial charge is 0.0701 e. The first kappa shape index (κ1) is 17.8. The topological polar surface area (TPSA) is 66.4 Å². The third-order valence-corrected chi connectivity index (χ3v) is 2.96. The summed E-state index contributed by atoms with van der Waals surface area (Å²) >= 11 is 0. The fourth-order valence-corrected chi connectivity index (χ4v) is 1.91. The molecule has 6 heteroatoms. The molecule has 0 amide bonds. The fraction of sp³-hybridized carbons (Fsp3) is 1.00. The molecule has 20 heavy (non-hydrogen) atoms. The average Bonchev–Trinajstić information content (AvgIpc) is 2.97. The SMILES string of the molecule is OCCOCCOCCOCCOCCC1CCCO1. The molecule has 1 N–H and O–H groups in total. The lowest BCUT2D eigenvalue weighted by molar-refractivity contribution is -0.00933. The molecule has 1 saturated heterocycles. The van der Waals surface area contributed by atoms with E-state index in [-0.39, 0.29) is 6.61 Å². The normalized spacial score (nSPS) is 18.8. The van der Waals surface area contributed by atoms with E-state index in [1.807, 2.05) is 0 Å². The lowest BCUT2D eigenvalue weighted by Crippen LogP contribution is -2.14. The summed E-state index contributed by atoms with van der Waals surface area (Å²) in [6, 6.07) is 0. The summed E-state index contributed by atoms with van der Waals surface area (Å²) in [4.78, 5) is 0. The van der Waals surface area contributed by atoms with Crippen LogP contribution >= 0.6 is 0 Å². The molecule has 1 heterocycles. The molecule has 1 aliphatic rings. The quantitative estimate of drug-likeness (QED) is 0.473. The minimum absolute atomic E-state index is 0.0516. The first-order valence-electron chi connectivity index (χ1n) is 7.47. The van der Waals surface area contributed by atoms with Crippen molar-refractivity contribution in [1.29, 1.82) is 0 Å². The van der Waals surface area contributed by atoms with E-state index in [9.17, 15) is 0 Å². The highest BCUT2D eigenvalue weighted by Crippen LogP contribution is 2.14. The summed E-state index contributed by atoms with van der Waals surface area (Å²) in [5, 5.41) is 8.48. The molecular formula is C14H28O6. The molecule has 1 rings (SSSR count). The molecule has 1 atom stereocenters. The first-order valence-corrected chi connectivity index (χ1v) is 7.47. The summed E-state index contributed by atoms with van der Waals surface area (Å²) in [7, 11) is 0. The van der Waals surface area contributed by atoms with Crippen molar-refractivity contribution in [2.45, 2.75) is 25.4 Å². The Labute approximate surface area is 121 Å². The summed E-state index contributed by atoms with van der Waals surface area (Å²) < 4.78 is 26.7. The van der Waals surface area contributed by atoms with Crippen molar-refractivity contribution in [3.05, 3.63) is 0 Å². The number of aliphatic hydroxyl groups excluding tert-OH is 1. The predicted octanol–water partition coefficient (Wildman–Crippen LogP) is 0.614. The van der Waals surface area contributed by atoms with Crippen molar-refractivity contribution in [2.24, 2.45) is 0 Å². The van der Waals surface area contributed by atoms with E-state index in [0.717, 1.165) is 19.6 Å². The van der Waals surface area contributed by atoms with Crippen molar-refractivity contribution in [1.82, 2.24) is 0 Å². The summed E-state index contributed by atoms with van der Waals surface area (Å²) in [5.74, 6) is 0. The van der Waals surface area contributed by atoms with Crippen molar-refractivity contribution in [2.75, 3.05) is 66.1 Å². The van der Waals surface area contributed by atoms with Gasteiger partial charge < -0.3 is 28.8 Å². The van der Waals surface area contributed by atoms with Crippen LogP contribution in [-0.2, 0) is 23.7 Å². The van der Waals surface area contributed by atoms with Gasteiger partial charge in [-0.2, -0.15) is 0 Å². The zero-order chi connectivity index (χ0) is 14.3. The zero-order valence-corrected chi connectivity index (χ0v) is 12.3. The maximum absolute atomic E-state index is 8.48. The zero-order valence-electron chi connectivity index (χ0n) is 12.3. The van der Waals surface area contributed by atoms with Gasteiger partial charge in [-0.25, -0.2) is 0 Å². The van der Waals surface area contributed by atoms with Crippen molar-refractivity contribution in [3.8, 4) is 0 Å². The monoisotopic (exact) mass is 292 g/mol. The maximum atomic E-state index is 8.48. The highest BCUT2D eigenvalue weighted by Gasteiger charge is 2.14. The molecule has 6 nitrogen and oxygen atoms in total. The Morgan fingerprint density at radius 2 is 1.35 bits per heavy atom. The van der Waals surface area contributed by atoms with E-state index in [1.54, 1.807) is 0 Å². The standard InChI is InChI=1S/C14H28O6/c15-4-7-17-9-11-19-13-12-18-10-8-16-6-3-14-2-1-5-20-14/h14-15H,1-13H2. The van der Waals surface area contributed by atoms with Crippen molar-refractivity contribution in [3.63, 3.8) is 0 Å². The van der Waals surface area contributed by atoms with Gasteiger partial charge in [0.2, 0.25) is 0 Å². The van der Waals surface area contributed by atoms with Gasteiger partial charge in [-0.3, -0.25) is 0 Å². The predicted molar refractivity (Wildman–Crippen MR) is 74.0 cm³/mol.